The Morgan fingerprint density at radius 2 is 1.94 bits per heavy atom. The number of amides is 1. The van der Waals surface area contributed by atoms with Gasteiger partial charge in [0, 0.05) is 17.0 Å². The summed E-state index contributed by atoms with van der Waals surface area (Å²) in [6.45, 7) is 5.63. The molecule has 5 heteroatoms. The molecule has 100 valence electrons. The van der Waals surface area contributed by atoms with Gasteiger partial charge >= 0.3 is 0 Å². The Morgan fingerprint density at radius 3 is 2.50 bits per heavy atom. The van der Waals surface area contributed by atoms with Crippen LogP contribution in [0.4, 0.5) is 5.69 Å². The van der Waals surface area contributed by atoms with E-state index in [1.54, 1.807) is 12.1 Å². The highest BCUT2D eigenvalue weighted by molar-refractivity contribution is 6.36. The topological polar surface area (TPSA) is 55.1 Å². The number of anilines is 1. The number of carbonyl (C=O) groups excluding carboxylic acids is 1. The lowest BCUT2D eigenvalue weighted by atomic mass is 10.00. The van der Waals surface area contributed by atoms with Gasteiger partial charge in [0.2, 0.25) is 5.91 Å². The molecule has 1 aromatic carbocycles. The molecule has 0 heterocycles. The maximum absolute atomic E-state index is 11.7. The summed E-state index contributed by atoms with van der Waals surface area (Å²) in [5.41, 5.74) is 6.88. The molecule has 0 aliphatic carbocycles. The number of nitrogens with two attached hydrogens (primary N) is 1. The summed E-state index contributed by atoms with van der Waals surface area (Å²) in [6.07, 6.45) is 0.960. The lowest BCUT2D eigenvalue weighted by Crippen LogP contribution is -2.33. The van der Waals surface area contributed by atoms with Crippen molar-refractivity contribution in [1.29, 1.82) is 0 Å². The van der Waals surface area contributed by atoms with Gasteiger partial charge in [-0.15, -0.1) is 0 Å². The van der Waals surface area contributed by atoms with Gasteiger partial charge in [0.1, 0.15) is 0 Å². The highest BCUT2D eigenvalue weighted by atomic mass is 35.5. The fraction of sp³-hybridized carbons (Fsp3) is 0.462. The molecule has 18 heavy (non-hydrogen) atoms. The van der Waals surface area contributed by atoms with E-state index in [9.17, 15) is 4.79 Å². The largest absolute Gasteiger partial charge is 0.326 e. The van der Waals surface area contributed by atoms with Gasteiger partial charge in [0.15, 0.2) is 0 Å². The third-order valence-electron chi connectivity index (χ3n) is 2.52. The molecule has 0 radical (unpaired) electrons. The third kappa shape index (κ3) is 4.84. The Morgan fingerprint density at radius 1 is 1.33 bits per heavy atom. The quantitative estimate of drug-likeness (QED) is 0.886. The van der Waals surface area contributed by atoms with E-state index < -0.39 is 0 Å². The molecular weight excluding hydrogens is 271 g/mol. The van der Waals surface area contributed by atoms with Crippen molar-refractivity contribution >= 4 is 34.8 Å². The van der Waals surface area contributed by atoms with Crippen LogP contribution in [0.2, 0.25) is 10.0 Å². The molecule has 0 saturated heterocycles. The fourth-order valence-electron chi connectivity index (χ4n) is 1.39. The van der Waals surface area contributed by atoms with Crippen LogP contribution in [-0.4, -0.2) is 11.4 Å². The molecule has 0 bridgehead atoms. The molecular formula is C13H18Cl2N2O. The Kier molecular flexibility index (Phi) is 5.02. The number of halogens is 2. The summed E-state index contributed by atoms with van der Waals surface area (Å²) in [5, 5.41) is 3.80. The standard InChI is InChI=1S/C13H18Cl2N2O/c1-8-6-10(15)11(7-9(8)14)17-12(18)4-5-13(2,3)16/h6-7H,4-5,16H2,1-3H3,(H,17,18). The first kappa shape index (κ1) is 15.3. The molecule has 0 aliphatic heterocycles. The van der Waals surface area contributed by atoms with Crippen molar-refractivity contribution in [1.82, 2.24) is 0 Å². The maximum Gasteiger partial charge on any atom is 0.224 e. The Bertz CT molecular complexity index is 453. The van der Waals surface area contributed by atoms with E-state index in [0.717, 1.165) is 5.56 Å². The van der Waals surface area contributed by atoms with Gasteiger partial charge in [-0.1, -0.05) is 23.2 Å². The molecule has 0 spiro atoms. The van der Waals surface area contributed by atoms with Crippen LogP contribution in [0.15, 0.2) is 12.1 Å². The van der Waals surface area contributed by atoms with Gasteiger partial charge in [-0.05, 0) is 44.9 Å². The van der Waals surface area contributed by atoms with Crippen molar-refractivity contribution in [3.63, 3.8) is 0 Å². The van der Waals surface area contributed by atoms with E-state index in [2.05, 4.69) is 5.32 Å². The third-order valence-corrected chi connectivity index (χ3v) is 3.24. The zero-order chi connectivity index (χ0) is 13.9. The number of hydrogen-bond acceptors (Lipinski definition) is 2. The van der Waals surface area contributed by atoms with Crippen LogP contribution >= 0.6 is 23.2 Å². The molecule has 0 saturated carbocycles. The summed E-state index contributed by atoms with van der Waals surface area (Å²) < 4.78 is 0. The van der Waals surface area contributed by atoms with Gasteiger partial charge in [-0.25, -0.2) is 0 Å². The normalized spacial score (nSPS) is 11.4. The van der Waals surface area contributed by atoms with Crippen molar-refractivity contribution in [2.75, 3.05) is 5.32 Å². The number of nitrogens with one attached hydrogen (secondary N) is 1. The second-order valence-corrected chi connectivity index (χ2v) is 5.93. The second-order valence-electron chi connectivity index (χ2n) is 5.12. The first-order chi connectivity index (χ1) is 8.19. The Balaban J connectivity index is 2.68. The first-order valence-corrected chi connectivity index (χ1v) is 6.49. The Labute approximate surface area is 118 Å². The van der Waals surface area contributed by atoms with E-state index in [1.165, 1.54) is 0 Å². The molecule has 0 unspecified atom stereocenters. The lowest BCUT2D eigenvalue weighted by molar-refractivity contribution is -0.116. The number of carbonyl (C=O) groups is 1. The van der Waals surface area contributed by atoms with E-state index in [4.69, 9.17) is 28.9 Å². The summed E-state index contributed by atoms with van der Waals surface area (Å²) in [4.78, 5) is 11.7. The number of hydrogen-bond donors (Lipinski definition) is 2. The minimum absolute atomic E-state index is 0.115. The monoisotopic (exact) mass is 288 g/mol. The number of aryl methyl sites for hydroxylation is 1. The summed E-state index contributed by atoms with van der Waals surface area (Å²) in [6, 6.07) is 3.39. The highest BCUT2D eigenvalue weighted by Gasteiger charge is 2.14. The van der Waals surface area contributed by atoms with E-state index in [1.807, 2.05) is 20.8 Å². The van der Waals surface area contributed by atoms with Crippen LogP contribution in [0.25, 0.3) is 0 Å². The maximum atomic E-state index is 11.7. The van der Waals surface area contributed by atoms with Crippen molar-refractivity contribution in [2.45, 2.75) is 39.2 Å². The number of rotatable bonds is 4. The van der Waals surface area contributed by atoms with Gasteiger partial charge in [-0.3, -0.25) is 4.79 Å². The van der Waals surface area contributed by atoms with Crippen LogP contribution in [0.3, 0.4) is 0 Å². The van der Waals surface area contributed by atoms with E-state index in [-0.39, 0.29) is 11.4 Å². The van der Waals surface area contributed by atoms with Gasteiger partial charge < -0.3 is 11.1 Å². The van der Waals surface area contributed by atoms with Crippen molar-refractivity contribution in [2.24, 2.45) is 5.73 Å². The van der Waals surface area contributed by atoms with Crippen molar-refractivity contribution in [3.05, 3.63) is 27.7 Å². The second kappa shape index (κ2) is 5.91. The van der Waals surface area contributed by atoms with Gasteiger partial charge in [0.25, 0.3) is 0 Å². The van der Waals surface area contributed by atoms with Crippen LogP contribution in [0, 0.1) is 6.92 Å². The summed E-state index contributed by atoms with van der Waals surface area (Å²) >= 11 is 12.0. The van der Waals surface area contributed by atoms with Gasteiger partial charge in [0.05, 0.1) is 10.7 Å². The molecule has 0 fully saturated rings. The molecule has 0 aliphatic rings. The van der Waals surface area contributed by atoms with Gasteiger partial charge in [-0.2, -0.15) is 0 Å². The summed E-state index contributed by atoms with van der Waals surface area (Å²) in [7, 11) is 0. The highest BCUT2D eigenvalue weighted by Crippen LogP contribution is 2.29. The zero-order valence-electron chi connectivity index (χ0n) is 10.8. The fourth-order valence-corrected chi connectivity index (χ4v) is 1.82. The van der Waals surface area contributed by atoms with Crippen LogP contribution in [0.1, 0.15) is 32.3 Å². The predicted octanol–water partition coefficient (Wildman–Crippen LogP) is 3.76. The Hall–Kier alpha value is -0.770. The molecule has 0 atom stereocenters. The van der Waals surface area contributed by atoms with Crippen LogP contribution in [-0.2, 0) is 4.79 Å². The smallest absolute Gasteiger partial charge is 0.224 e. The predicted molar refractivity (Wildman–Crippen MR) is 77.3 cm³/mol. The van der Waals surface area contributed by atoms with E-state index >= 15 is 0 Å². The molecule has 1 aromatic rings. The van der Waals surface area contributed by atoms with E-state index in [0.29, 0.717) is 28.6 Å². The van der Waals surface area contributed by atoms with Crippen LogP contribution in [0.5, 0.6) is 0 Å². The lowest BCUT2D eigenvalue weighted by Gasteiger charge is -2.17. The van der Waals surface area contributed by atoms with Crippen molar-refractivity contribution < 1.29 is 4.79 Å². The minimum atomic E-state index is -0.355. The zero-order valence-corrected chi connectivity index (χ0v) is 12.3. The number of benzene rings is 1. The van der Waals surface area contributed by atoms with Crippen LogP contribution < -0.4 is 11.1 Å². The molecule has 3 nitrogen and oxygen atoms in total. The average Bonchev–Trinajstić information content (AvgIpc) is 2.22. The van der Waals surface area contributed by atoms with Crippen molar-refractivity contribution in [3.8, 4) is 0 Å². The summed E-state index contributed by atoms with van der Waals surface area (Å²) in [5.74, 6) is -0.115. The first-order valence-electron chi connectivity index (χ1n) is 5.73. The molecule has 3 N–H and O–H groups in total. The minimum Gasteiger partial charge on any atom is -0.326 e. The molecule has 1 amide bonds. The SMILES string of the molecule is Cc1cc(Cl)c(NC(=O)CCC(C)(C)N)cc1Cl. The average molecular weight is 289 g/mol. The molecule has 1 rings (SSSR count). The molecule has 0 aromatic heterocycles.